The van der Waals surface area contributed by atoms with E-state index in [1.54, 1.807) is 0 Å². The van der Waals surface area contributed by atoms with Crippen LogP contribution in [-0.4, -0.2) is 9.97 Å². The van der Waals surface area contributed by atoms with E-state index in [1.807, 2.05) is 72.8 Å². The molecule has 422 valence electrons. The predicted molar refractivity (Wildman–Crippen MR) is 368 cm³/mol. The van der Waals surface area contributed by atoms with Gasteiger partial charge in [0, 0.05) is 83.1 Å². The minimum absolute atomic E-state index is 0.541. The van der Waals surface area contributed by atoms with Crippen molar-refractivity contribution < 1.29 is 17.7 Å². The predicted octanol–water partition coefficient (Wildman–Crippen LogP) is 23.3. The van der Waals surface area contributed by atoms with Crippen LogP contribution in [0.3, 0.4) is 0 Å². The molecule has 8 nitrogen and oxygen atoms in total. The third-order valence-electron chi connectivity index (χ3n) is 17.5. The van der Waals surface area contributed by atoms with Gasteiger partial charge in [-0.2, -0.15) is 0 Å². The molecule has 0 fully saturated rings. The molecule has 0 aliphatic rings. The highest BCUT2D eigenvalue weighted by atomic mass is 16.4. The third-order valence-corrected chi connectivity index (χ3v) is 17.5. The van der Waals surface area contributed by atoms with Crippen LogP contribution < -0.4 is 9.80 Å². The number of fused-ring (bicyclic) bond motifs is 12. The highest BCUT2D eigenvalue weighted by Crippen LogP contribution is 2.47. The van der Waals surface area contributed by atoms with Crippen molar-refractivity contribution >= 4 is 122 Å². The molecule has 18 aromatic rings. The summed E-state index contributed by atoms with van der Waals surface area (Å²) in [6, 6.07) is 106. The minimum atomic E-state index is 0.541. The maximum atomic E-state index is 6.87. The van der Waals surface area contributed by atoms with Crippen molar-refractivity contribution in [3.8, 4) is 56.3 Å². The molecule has 0 saturated heterocycles. The normalized spacial score (nSPS) is 11.8. The molecule has 0 atom stereocenters. The Hall–Kier alpha value is -12.3. The standard InChI is InChI=1S/C82H50N4O4/c1-4-17-52(18-5-1)81-83-71-45-35-56-50-62(40-42-67(56)79(71)90-81)85(58-22-6-2-7-23-58)60-37-33-51(34-38-60)76-65(43-44-69-68-27-10-12-30-72(68)88-80(69)76)53-19-14-21-57(47-53)82-84-78-66-41-39-63(49-55(66)36-46-75(78)89-82)86(59-24-8-3-9-25-59)61-26-15-20-54(48-61)64-29-16-32-74-77(64)70-28-11-13-31-73(70)87-74/h1-50H. The molecule has 0 radical (unpaired) electrons. The number of furan rings is 2. The highest BCUT2D eigenvalue weighted by molar-refractivity contribution is 6.15. The van der Waals surface area contributed by atoms with Crippen LogP contribution in [0.2, 0.25) is 0 Å². The lowest BCUT2D eigenvalue weighted by Gasteiger charge is -2.26. The molecule has 0 spiro atoms. The van der Waals surface area contributed by atoms with Gasteiger partial charge in [0.2, 0.25) is 11.8 Å². The van der Waals surface area contributed by atoms with Gasteiger partial charge in [-0.15, -0.1) is 0 Å². The number of para-hydroxylation sites is 4. The Morgan fingerprint density at radius 1 is 0.256 bits per heavy atom. The van der Waals surface area contributed by atoms with Crippen LogP contribution in [0.15, 0.2) is 321 Å². The van der Waals surface area contributed by atoms with Crippen LogP contribution in [-0.2, 0) is 0 Å². The first-order valence-electron chi connectivity index (χ1n) is 30.2. The molecular formula is C82H50N4O4. The molecule has 0 bridgehead atoms. The van der Waals surface area contributed by atoms with Crippen LogP contribution in [0.25, 0.3) is 144 Å². The van der Waals surface area contributed by atoms with Crippen molar-refractivity contribution in [1.29, 1.82) is 0 Å². The summed E-state index contributed by atoms with van der Waals surface area (Å²) in [5, 5.41) is 8.44. The van der Waals surface area contributed by atoms with E-state index in [4.69, 9.17) is 27.6 Å². The van der Waals surface area contributed by atoms with Crippen LogP contribution in [0.4, 0.5) is 34.1 Å². The van der Waals surface area contributed by atoms with Gasteiger partial charge in [-0.25, -0.2) is 9.97 Å². The zero-order valence-corrected chi connectivity index (χ0v) is 48.3. The maximum Gasteiger partial charge on any atom is 0.227 e. The topological polar surface area (TPSA) is 84.8 Å². The van der Waals surface area contributed by atoms with Crippen molar-refractivity contribution in [2.75, 3.05) is 9.80 Å². The van der Waals surface area contributed by atoms with Crippen molar-refractivity contribution in [1.82, 2.24) is 9.97 Å². The lowest BCUT2D eigenvalue weighted by atomic mass is 9.91. The van der Waals surface area contributed by atoms with Gasteiger partial charge in [0.05, 0.1) is 0 Å². The molecule has 0 unspecified atom stereocenters. The molecule has 4 heterocycles. The second-order valence-corrected chi connectivity index (χ2v) is 22.8. The lowest BCUT2D eigenvalue weighted by molar-refractivity contribution is 0.620. The molecule has 0 aliphatic carbocycles. The molecule has 90 heavy (non-hydrogen) atoms. The summed E-state index contributed by atoms with van der Waals surface area (Å²) < 4.78 is 26.3. The van der Waals surface area contributed by atoms with E-state index in [0.717, 1.165) is 161 Å². The molecule has 4 aromatic heterocycles. The van der Waals surface area contributed by atoms with E-state index in [2.05, 4.69) is 240 Å². The summed E-state index contributed by atoms with van der Waals surface area (Å²) in [7, 11) is 0. The second kappa shape index (κ2) is 20.7. The van der Waals surface area contributed by atoms with Crippen molar-refractivity contribution in [2.24, 2.45) is 0 Å². The van der Waals surface area contributed by atoms with Crippen molar-refractivity contribution in [2.45, 2.75) is 0 Å². The van der Waals surface area contributed by atoms with E-state index in [1.165, 1.54) is 0 Å². The van der Waals surface area contributed by atoms with Crippen LogP contribution in [0.1, 0.15) is 0 Å². The van der Waals surface area contributed by atoms with Crippen molar-refractivity contribution in [3.63, 3.8) is 0 Å². The summed E-state index contributed by atoms with van der Waals surface area (Å²) in [6.45, 7) is 0. The van der Waals surface area contributed by atoms with Gasteiger partial charge in [-0.1, -0.05) is 158 Å². The van der Waals surface area contributed by atoms with E-state index >= 15 is 0 Å². The van der Waals surface area contributed by atoms with E-state index in [9.17, 15) is 0 Å². The van der Waals surface area contributed by atoms with Gasteiger partial charge in [0.1, 0.15) is 33.4 Å². The SMILES string of the molecule is c1ccc(-c2nc3ccc4cc(N(c5ccccc5)c5ccc(-c6c(-c7cccc(-c8nc9c(ccc%10cc(N(c%11ccccc%11)c%11cccc(-c%12cccc%13oc%14ccccc%14c%12%13)c%11)ccc%109)o8)c7)ccc7c6oc6ccccc67)cc5)ccc4c3o2)cc1. The quantitative estimate of drug-likeness (QED) is 0.127. The van der Waals surface area contributed by atoms with Gasteiger partial charge in [0.25, 0.3) is 0 Å². The molecule has 0 aliphatic heterocycles. The summed E-state index contributed by atoms with van der Waals surface area (Å²) in [5.41, 5.74) is 20.7. The van der Waals surface area contributed by atoms with Gasteiger partial charge in [0.15, 0.2) is 11.2 Å². The number of rotatable bonds is 11. The number of benzene rings is 14. The number of nitrogens with zero attached hydrogens (tertiary/aromatic N) is 4. The Morgan fingerprint density at radius 2 is 0.800 bits per heavy atom. The monoisotopic (exact) mass is 1150 g/mol. The number of anilines is 6. The largest absolute Gasteiger partial charge is 0.456 e. The fourth-order valence-electron chi connectivity index (χ4n) is 13.3. The Kier molecular flexibility index (Phi) is 11.7. The van der Waals surface area contributed by atoms with Crippen LogP contribution in [0, 0.1) is 0 Å². The molecule has 14 aromatic carbocycles. The minimum Gasteiger partial charge on any atom is -0.456 e. The van der Waals surface area contributed by atoms with Gasteiger partial charge in [-0.05, 0) is 184 Å². The summed E-state index contributed by atoms with van der Waals surface area (Å²) in [5.74, 6) is 1.15. The highest BCUT2D eigenvalue weighted by Gasteiger charge is 2.23. The number of oxazole rings is 2. The van der Waals surface area contributed by atoms with E-state index in [-0.39, 0.29) is 0 Å². The summed E-state index contributed by atoms with van der Waals surface area (Å²) >= 11 is 0. The Morgan fingerprint density at radius 3 is 1.58 bits per heavy atom. The van der Waals surface area contributed by atoms with Gasteiger partial charge >= 0.3 is 0 Å². The van der Waals surface area contributed by atoms with Crippen molar-refractivity contribution in [3.05, 3.63) is 303 Å². The summed E-state index contributed by atoms with van der Waals surface area (Å²) in [6.07, 6.45) is 0. The Balaban J connectivity index is 0.701. The Bertz CT molecular complexity index is 5810. The molecule has 0 saturated carbocycles. The van der Waals surface area contributed by atoms with Crippen LogP contribution in [0.5, 0.6) is 0 Å². The second-order valence-electron chi connectivity index (χ2n) is 22.8. The third kappa shape index (κ3) is 8.53. The lowest BCUT2D eigenvalue weighted by Crippen LogP contribution is -2.09. The average Bonchev–Trinajstić information content (AvgIpc) is 1.61. The van der Waals surface area contributed by atoms with E-state index < -0.39 is 0 Å². The maximum absolute atomic E-state index is 6.87. The fourth-order valence-corrected chi connectivity index (χ4v) is 13.3. The smallest absolute Gasteiger partial charge is 0.227 e. The number of hydrogen-bond donors (Lipinski definition) is 0. The first kappa shape index (κ1) is 51.0. The fraction of sp³-hybridized carbons (Fsp3) is 0. The van der Waals surface area contributed by atoms with Gasteiger partial charge < -0.3 is 27.5 Å². The number of aromatic nitrogens is 2. The zero-order chi connectivity index (χ0) is 59.2. The molecule has 18 rings (SSSR count). The molecule has 0 N–H and O–H groups in total. The van der Waals surface area contributed by atoms with Crippen LogP contribution >= 0.6 is 0 Å². The first-order valence-corrected chi connectivity index (χ1v) is 30.2. The summed E-state index contributed by atoms with van der Waals surface area (Å²) in [4.78, 5) is 14.7. The average molecular weight is 1160 g/mol. The molecule has 8 heteroatoms. The van der Waals surface area contributed by atoms with E-state index in [0.29, 0.717) is 17.4 Å². The molecular weight excluding hydrogens is 1100 g/mol. The molecule has 0 amide bonds. The zero-order valence-electron chi connectivity index (χ0n) is 48.3. The first-order chi connectivity index (χ1) is 44.6. The number of hydrogen-bond acceptors (Lipinski definition) is 8. The van der Waals surface area contributed by atoms with Gasteiger partial charge in [-0.3, -0.25) is 0 Å². The Labute approximate surface area is 516 Å².